The summed E-state index contributed by atoms with van der Waals surface area (Å²) in [7, 11) is 0. The minimum Gasteiger partial charge on any atom is -0.373 e. The quantitative estimate of drug-likeness (QED) is 0.913. The van der Waals surface area contributed by atoms with Crippen LogP contribution in [0.25, 0.3) is 10.9 Å². The number of ether oxygens (including phenoxy) is 1. The van der Waals surface area contributed by atoms with Crippen molar-refractivity contribution in [1.29, 1.82) is 0 Å². The summed E-state index contributed by atoms with van der Waals surface area (Å²) >= 11 is 0. The van der Waals surface area contributed by atoms with E-state index in [0.29, 0.717) is 5.92 Å². The van der Waals surface area contributed by atoms with Gasteiger partial charge in [0.2, 0.25) is 0 Å². The number of nitrogens with one attached hydrogen (secondary N) is 1. The van der Waals surface area contributed by atoms with Gasteiger partial charge in [-0.25, -0.2) is 0 Å². The highest BCUT2D eigenvalue weighted by atomic mass is 16.5. The zero-order valence-corrected chi connectivity index (χ0v) is 11.3. The minimum absolute atomic E-state index is 0.178. The predicted molar refractivity (Wildman–Crippen MR) is 77.1 cm³/mol. The average Bonchev–Trinajstić information content (AvgIpc) is 2.92. The first-order valence-electron chi connectivity index (χ1n) is 7.06. The molecule has 1 aromatic heterocycles. The lowest BCUT2D eigenvalue weighted by Gasteiger charge is -2.20. The predicted octanol–water partition coefficient (Wildman–Crippen LogP) is 2.92. The molecule has 2 atom stereocenters. The summed E-state index contributed by atoms with van der Waals surface area (Å²) in [4.78, 5) is 4.54. The summed E-state index contributed by atoms with van der Waals surface area (Å²) in [5, 5.41) is 4.63. The molecule has 19 heavy (non-hydrogen) atoms. The number of benzene rings is 1. The van der Waals surface area contributed by atoms with Gasteiger partial charge in [0, 0.05) is 36.2 Å². The van der Waals surface area contributed by atoms with E-state index in [-0.39, 0.29) is 6.10 Å². The maximum Gasteiger partial charge on any atom is 0.0887 e. The van der Waals surface area contributed by atoms with Gasteiger partial charge >= 0.3 is 0 Å². The highest BCUT2D eigenvalue weighted by molar-refractivity contribution is 5.81. The van der Waals surface area contributed by atoms with Gasteiger partial charge in [-0.15, -0.1) is 0 Å². The molecule has 1 aliphatic rings. The summed E-state index contributed by atoms with van der Waals surface area (Å²) in [5.74, 6) is 0.549. The molecule has 2 aromatic rings. The molecule has 2 unspecified atom stereocenters. The van der Waals surface area contributed by atoms with E-state index in [1.54, 1.807) is 0 Å². The fraction of sp³-hybridized carbons (Fsp3) is 0.438. The maximum absolute atomic E-state index is 5.98. The van der Waals surface area contributed by atoms with Gasteiger partial charge < -0.3 is 10.1 Å². The molecule has 100 valence electrons. The number of para-hydroxylation sites is 1. The van der Waals surface area contributed by atoms with Crippen molar-refractivity contribution in [3.63, 3.8) is 0 Å². The van der Waals surface area contributed by atoms with Crippen molar-refractivity contribution in [2.24, 2.45) is 5.92 Å². The zero-order valence-electron chi connectivity index (χ0n) is 11.3. The third-order valence-corrected chi connectivity index (χ3v) is 3.84. The molecule has 0 aliphatic carbocycles. The van der Waals surface area contributed by atoms with Crippen molar-refractivity contribution in [1.82, 2.24) is 10.3 Å². The molecule has 0 saturated carbocycles. The zero-order chi connectivity index (χ0) is 13.1. The Balaban J connectivity index is 1.94. The Morgan fingerprint density at radius 1 is 1.32 bits per heavy atom. The number of hydrogen-bond acceptors (Lipinski definition) is 3. The molecule has 1 aliphatic heterocycles. The molecule has 0 amide bonds. The van der Waals surface area contributed by atoms with E-state index in [4.69, 9.17) is 4.74 Å². The van der Waals surface area contributed by atoms with Gasteiger partial charge in [-0.3, -0.25) is 4.98 Å². The van der Waals surface area contributed by atoms with Crippen LogP contribution in [0.3, 0.4) is 0 Å². The summed E-state index contributed by atoms with van der Waals surface area (Å²) in [5.41, 5.74) is 2.32. The highest BCUT2D eigenvalue weighted by Gasteiger charge is 2.30. The monoisotopic (exact) mass is 256 g/mol. The van der Waals surface area contributed by atoms with Gasteiger partial charge in [0.25, 0.3) is 0 Å². The number of nitrogens with zero attached hydrogens (tertiary/aromatic N) is 1. The van der Waals surface area contributed by atoms with E-state index in [2.05, 4.69) is 41.5 Å². The van der Waals surface area contributed by atoms with Gasteiger partial charge in [0.05, 0.1) is 11.6 Å². The third kappa shape index (κ3) is 2.48. The van der Waals surface area contributed by atoms with Crippen molar-refractivity contribution in [3.8, 4) is 0 Å². The van der Waals surface area contributed by atoms with Crippen molar-refractivity contribution >= 4 is 10.9 Å². The fourth-order valence-electron chi connectivity index (χ4n) is 2.87. The highest BCUT2D eigenvalue weighted by Crippen LogP contribution is 2.36. The summed E-state index contributed by atoms with van der Waals surface area (Å²) < 4.78 is 5.98. The second kappa shape index (κ2) is 5.68. The van der Waals surface area contributed by atoms with E-state index in [1.165, 1.54) is 10.9 Å². The molecule has 0 spiro atoms. The van der Waals surface area contributed by atoms with Crippen LogP contribution in [-0.4, -0.2) is 24.7 Å². The van der Waals surface area contributed by atoms with Crippen molar-refractivity contribution in [2.75, 3.05) is 19.7 Å². The van der Waals surface area contributed by atoms with Crippen LogP contribution in [0, 0.1) is 5.92 Å². The Morgan fingerprint density at radius 3 is 3.11 bits per heavy atom. The molecular formula is C16H20N2O. The lowest BCUT2D eigenvalue weighted by Crippen LogP contribution is -2.24. The molecule has 0 bridgehead atoms. The second-order valence-corrected chi connectivity index (χ2v) is 5.07. The first-order valence-corrected chi connectivity index (χ1v) is 7.06. The molecule has 1 fully saturated rings. The van der Waals surface area contributed by atoms with Crippen LogP contribution < -0.4 is 5.32 Å². The molecule has 3 rings (SSSR count). The molecule has 3 heteroatoms. The Morgan fingerprint density at radius 2 is 2.21 bits per heavy atom. The van der Waals surface area contributed by atoms with E-state index >= 15 is 0 Å². The molecule has 1 aromatic carbocycles. The SMILES string of the molecule is CCNCC1CCOC1c1cccc2cccnc12. The smallest absolute Gasteiger partial charge is 0.0887 e. The van der Waals surface area contributed by atoms with Crippen LogP contribution in [-0.2, 0) is 4.74 Å². The Hall–Kier alpha value is -1.45. The first-order chi connectivity index (χ1) is 9.40. The largest absolute Gasteiger partial charge is 0.373 e. The molecular weight excluding hydrogens is 236 g/mol. The average molecular weight is 256 g/mol. The molecule has 1 saturated heterocycles. The van der Waals surface area contributed by atoms with E-state index < -0.39 is 0 Å². The third-order valence-electron chi connectivity index (χ3n) is 3.84. The van der Waals surface area contributed by atoms with Crippen LogP contribution >= 0.6 is 0 Å². The summed E-state index contributed by atoms with van der Waals surface area (Å²) in [6.45, 7) is 5.02. The molecule has 1 N–H and O–H groups in total. The maximum atomic E-state index is 5.98. The normalized spacial score (nSPS) is 23.0. The van der Waals surface area contributed by atoms with Gasteiger partial charge in [0.1, 0.15) is 0 Å². The number of hydrogen-bond donors (Lipinski definition) is 1. The van der Waals surface area contributed by atoms with Crippen LogP contribution in [0.4, 0.5) is 0 Å². The fourth-order valence-corrected chi connectivity index (χ4v) is 2.87. The molecule has 3 nitrogen and oxygen atoms in total. The van der Waals surface area contributed by atoms with Gasteiger partial charge in [-0.05, 0) is 19.0 Å². The van der Waals surface area contributed by atoms with Crippen LogP contribution in [0.5, 0.6) is 0 Å². The number of aromatic nitrogens is 1. The summed E-state index contributed by atoms with van der Waals surface area (Å²) in [6.07, 6.45) is 3.17. The van der Waals surface area contributed by atoms with E-state index in [0.717, 1.165) is 31.6 Å². The van der Waals surface area contributed by atoms with Gasteiger partial charge in [0.15, 0.2) is 0 Å². The van der Waals surface area contributed by atoms with Gasteiger partial charge in [-0.2, -0.15) is 0 Å². The van der Waals surface area contributed by atoms with Crippen molar-refractivity contribution in [3.05, 3.63) is 42.1 Å². The van der Waals surface area contributed by atoms with E-state index in [1.807, 2.05) is 12.3 Å². The second-order valence-electron chi connectivity index (χ2n) is 5.07. The summed E-state index contributed by atoms with van der Waals surface area (Å²) in [6, 6.07) is 10.5. The lowest BCUT2D eigenvalue weighted by atomic mass is 9.93. The topological polar surface area (TPSA) is 34.1 Å². The molecule has 2 heterocycles. The number of fused-ring (bicyclic) bond motifs is 1. The van der Waals surface area contributed by atoms with Crippen LogP contribution in [0.2, 0.25) is 0 Å². The number of pyridine rings is 1. The molecule has 0 radical (unpaired) electrons. The Kier molecular flexibility index (Phi) is 3.76. The first kappa shape index (κ1) is 12.6. The van der Waals surface area contributed by atoms with Gasteiger partial charge in [-0.1, -0.05) is 31.2 Å². The standard InChI is InChI=1S/C16H20N2O/c1-2-17-11-13-8-10-19-16(13)14-7-3-5-12-6-4-9-18-15(12)14/h3-7,9,13,16-17H,2,8,10-11H2,1H3. The van der Waals surface area contributed by atoms with Crippen molar-refractivity contribution < 1.29 is 4.74 Å². The Bertz CT molecular complexity index is 550. The number of rotatable bonds is 4. The van der Waals surface area contributed by atoms with Crippen LogP contribution in [0.15, 0.2) is 36.5 Å². The van der Waals surface area contributed by atoms with E-state index in [9.17, 15) is 0 Å². The minimum atomic E-state index is 0.178. The van der Waals surface area contributed by atoms with Crippen molar-refractivity contribution in [2.45, 2.75) is 19.4 Å². The van der Waals surface area contributed by atoms with Crippen LogP contribution in [0.1, 0.15) is 25.0 Å². The Labute approximate surface area is 114 Å². The lowest BCUT2D eigenvalue weighted by molar-refractivity contribution is 0.0916.